The van der Waals surface area contributed by atoms with Crippen molar-refractivity contribution >= 4 is 33.2 Å². The highest BCUT2D eigenvalue weighted by Gasteiger charge is 2.35. The van der Waals surface area contributed by atoms with Gasteiger partial charge in [0.2, 0.25) is 21.9 Å². The van der Waals surface area contributed by atoms with E-state index in [2.05, 4.69) is 14.7 Å². The van der Waals surface area contributed by atoms with E-state index in [1.54, 1.807) is 21.7 Å². The second-order valence-electron chi connectivity index (χ2n) is 5.16. The molecule has 3 heterocycles. The van der Waals surface area contributed by atoms with Gasteiger partial charge in [-0.1, -0.05) is 0 Å². The molecule has 2 aromatic rings. The van der Waals surface area contributed by atoms with Crippen molar-refractivity contribution in [2.45, 2.75) is 5.75 Å². The maximum Gasteiger partial charge on any atom is 0.240 e. The van der Waals surface area contributed by atoms with Gasteiger partial charge in [0.15, 0.2) is 5.82 Å². The van der Waals surface area contributed by atoms with Gasteiger partial charge in [-0.3, -0.25) is 9.52 Å². The largest absolute Gasteiger partial charge is 0.339 e. The summed E-state index contributed by atoms with van der Waals surface area (Å²) in [6.07, 6.45) is 2.09. The normalized spacial score (nSPS) is 15.3. The van der Waals surface area contributed by atoms with Gasteiger partial charge < -0.3 is 4.90 Å². The molecule has 7 nitrogen and oxygen atoms in total. The molecule has 0 aliphatic carbocycles. The van der Waals surface area contributed by atoms with Gasteiger partial charge in [0.1, 0.15) is 0 Å². The maximum atomic E-state index is 12.7. The predicted octanol–water partition coefficient (Wildman–Crippen LogP) is 0.760. The lowest BCUT2D eigenvalue weighted by Gasteiger charge is -2.37. The van der Waals surface area contributed by atoms with Gasteiger partial charge in [0.25, 0.3) is 0 Å². The Hall–Kier alpha value is -2.07. The topological polar surface area (TPSA) is 92.3 Å². The number of nitrogens with zero attached hydrogens (tertiary/aromatic N) is 3. The van der Waals surface area contributed by atoms with Crippen molar-refractivity contribution in [3.63, 3.8) is 0 Å². The Morgan fingerprint density at radius 2 is 2.09 bits per heavy atom. The van der Waals surface area contributed by atoms with Gasteiger partial charge in [0.05, 0.1) is 24.1 Å². The maximum absolute atomic E-state index is 12.7. The zero-order valence-electron chi connectivity index (χ0n) is 11.8. The fraction of sp³-hybridized carbons (Fsp3) is 0.308. The third-order valence-electron chi connectivity index (χ3n) is 3.33. The number of nitrogens with one attached hydrogen (secondary N) is 1. The van der Waals surface area contributed by atoms with Crippen LogP contribution in [0, 0.1) is 11.7 Å². The van der Waals surface area contributed by atoms with Crippen LogP contribution >= 0.6 is 11.3 Å². The lowest BCUT2D eigenvalue weighted by molar-refractivity contribution is -0.123. The van der Waals surface area contributed by atoms with Crippen LogP contribution in [0.3, 0.4) is 0 Å². The van der Waals surface area contributed by atoms with Crippen molar-refractivity contribution < 1.29 is 17.6 Å². The first-order valence-electron chi connectivity index (χ1n) is 6.71. The Kier molecular flexibility index (Phi) is 4.26. The summed E-state index contributed by atoms with van der Waals surface area (Å²) in [7, 11) is -3.70. The van der Waals surface area contributed by atoms with E-state index in [1.165, 1.54) is 11.3 Å². The number of carbonyl (C=O) groups is 1. The van der Waals surface area contributed by atoms with Crippen molar-refractivity contribution in [2.75, 3.05) is 18.0 Å². The third kappa shape index (κ3) is 3.82. The molecule has 0 aromatic carbocycles. The Balaban J connectivity index is 1.53. The smallest absolute Gasteiger partial charge is 0.240 e. The van der Waals surface area contributed by atoms with Crippen LogP contribution in [-0.2, 0) is 20.6 Å². The zero-order chi connectivity index (χ0) is 16.4. The molecule has 1 aliphatic rings. The molecule has 0 unspecified atom stereocenters. The van der Waals surface area contributed by atoms with E-state index in [4.69, 9.17) is 0 Å². The molecular formula is C13H13FN4O3S2. The monoisotopic (exact) mass is 356 g/mol. The predicted molar refractivity (Wildman–Crippen MR) is 82.8 cm³/mol. The van der Waals surface area contributed by atoms with Crippen LogP contribution in [0.2, 0.25) is 0 Å². The third-order valence-corrected chi connectivity index (χ3v) is 5.29. The standard InChI is InChI=1S/C13H13FN4O3S2/c14-11-3-15-13(16-4-11)18-5-10(6-18)12(19)17-23(20,21)8-9-1-2-22-7-9/h1-4,7,10H,5-6,8H2,(H,17,19). The molecule has 0 spiro atoms. The van der Waals surface area contributed by atoms with Crippen LogP contribution in [0.1, 0.15) is 5.56 Å². The summed E-state index contributed by atoms with van der Waals surface area (Å²) in [6, 6.07) is 1.70. The fourth-order valence-electron chi connectivity index (χ4n) is 2.14. The fourth-order valence-corrected chi connectivity index (χ4v) is 4.08. The molecule has 1 N–H and O–H groups in total. The molecule has 3 rings (SSSR count). The van der Waals surface area contributed by atoms with E-state index in [0.717, 1.165) is 12.4 Å². The van der Waals surface area contributed by atoms with Crippen LogP contribution in [0.25, 0.3) is 0 Å². The summed E-state index contributed by atoms with van der Waals surface area (Å²) in [5, 5.41) is 3.50. The first-order valence-corrected chi connectivity index (χ1v) is 9.30. The van der Waals surface area contributed by atoms with E-state index in [1.807, 2.05) is 0 Å². The molecule has 10 heteroatoms. The van der Waals surface area contributed by atoms with Gasteiger partial charge in [-0.05, 0) is 22.4 Å². The molecule has 0 bridgehead atoms. The van der Waals surface area contributed by atoms with Crippen molar-refractivity contribution in [3.8, 4) is 0 Å². The number of sulfonamides is 1. The number of halogens is 1. The number of rotatable bonds is 5. The number of amides is 1. The summed E-state index contributed by atoms with van der Waals surface area (Å²) in [5.74, 6) is -1.45. The van der Waals surface area contributed by atoms with Crippen LogP contribution in [0.4, 0.5) is 10.3 Å². The average molecular weight is 356 g/mol. The molecule has 1 fully saturated rings. The van der Waals surface area contributed by atoms with Gasteiger partial charge in [-0.2, -0.15) is 11.3 Å². The Bertz CT molecular complexity index is 787. The average Bonchev–Trinajstić information content (AvgIpc) is 2.90. The van der Waals surface area contributed by atoms with E-state index in [9.17, 15) is 17.6 Å². The number of anilines is 1. The molecule has 1 aliphatic heterocycles. The minimum absolute atomic E-state index is 0.222. The lowest BCUT2D eigenvalue weighted by Crippen LogP contribution is -2.55. The molecule has 1 saturated heterocycles. The van der Waals surface area contributed by atoms with E-state index >= 15 is 0 Å². The molecule has 1 amide bonds. The zero-order valence-corrected chi connectivity index (χ0v) is 13.5. The SMILES string of the molecule is O=C(NS(=O)(=O)Cc1ccsc1)C1CN(c2ncc(F)cn2)C1. The Morgan fingerprint density at radius 1 is 1.39 bits per heavy atom. The summed E-state index contributed by atoms with van der Waals surface area (Å²) >= 11 is 1.40. The summed E-state index contributed by atoms with van der Waals surface area (Å²) in [4.78, 5) is 21.3. The van der Waals surface area contributed by atoms with E-state index in [0.29, 0.717) is 24.6 Å². The number of hydrogen-bond donors (Lipinski definition) is 1. The summed E-state index contributed by atoms with van der Waals surface area (Å²) < 4.78 is 38.7. The highest BCUT2D eigenvalue weighted by molar-refractivity contribution is 7.89. The highest BCUT2D eigenvalue weighted by atomic mass is 32.2. The Morgan fingerprint density at radius 3 is 2.70 bits per heavy atom. The summed E-state index contributed by atoms with van der Waals surface area (Å²) in [5.41, 5.74) is 0.644. The second-order valence-corrected chi connectivity index (χ2v) is 7.66. The minimum Gasteiger partial charge on any atom is -0.339 e. The van der Waals surface area contributed by atoms with Crippen molar-refractivity contribution in [1.29, 1.82) is 0 Å². The summed E-state index contributed by atoms with van der Waals surface area (Å²) in [6.45, 7) is 0.594. The van der Waals surface area contributed by atoms with Crippen molar-refractivity contribution in [3.05, 3.63) is 40.6 Å². The van der Waals surface area contributed by atoms with Crippen molar-refractivity contribution in [2.24, 2.45) is 5.92 Å². The lowest BCUT2D eigenvalue weighted by atomic mass is 10.0. The van der Waals surface area contributed by atoms with Crippen LogP contribution in [-0.4, -0.2) is 37.4 Å². The van der Waals surface area contributed by atoms with Crippen LogP contribution in [0.5, 0.6) is 0 Å². The van der Waals surface area contributed by atoms with Gasteiger partial charge in [-0.15, -0.1) is 0 Å². The molecule has 23 heavy (non-hydrogen) atoms. The number of aromatic nitrogens is 2. The molecule has 122 valence electrons. The first-order chi connectivity index (χ1) is 10.9. The quantitative estimate of drug-likeness (QED) is 0.850. The van der Waals surface area contributed by atoms with Crippen molar-refractivity contribution in [1.82, 2.24) is 14.7 Å². The van der Waals surface area contributed by atoms with Crippen LogP contribution < -0.4 is 9.62 Å². The molecule has 0 radical (unpaired) electrons. The first kappa shape index (κ1) is 15.8. The Labute approximate surface area is 136 Å². The van der Waals surface area contributed by atoms with Gasteiger partial charge in [0, 0.05) is 13.1 Å². The number of thiophene rings is 1. The molecule has 0 saturated carbocycles. The minimum atomic E-state index is -3.70. The molecule has 0 atom stereocenters. The molecule has 2 aromatic heterocycles. The van der Waals surface area contributed by atoms with Gasteiger partial charge in [-0.25, -0.2) is 22.8 Å². The van der Waals surface area contributed by atoms with Crippen LogP contribution in [0.15, 0.2) is 29.2 Å². The number of hydrogen-bond acceptors (Lipinski definition) is 7. The highest BCUT2D eigenvalue weighted by Crippen LogP contribution is 2.21. The van der Waals surface area contributed by atoms with E-state index < -0.39 is 27.7 Å². The van der Waals surface area contributed by atoms with E-state index in [-0.39, 0.29) is 5.75 Å². The molecular weight excluding hydrogens is 343 g/mol. The second kappa shape index (κ2) is 6.20. The van der Waals surface area contributed by atoms with Gasteiger partial charge >= 0.3 is 0 Å². The number of carbonyl (C=O) groups excluding carboxylic acids is 1.